The first kappa shape index (κ1) is 9.79. The van der Waals surface area contributed by atoms with Gasteiger partial charge in [-0.15, -0.1) is 0 Å². The minimum atomic E-state index is 0.494. The Balaban J connectivity index is 2.71. The van der Waals surface area contributed by atoms with Gasteiger partial charge in [0.2, 0.25) is 0 Å². The first-order valence-electron chi connectivity index (χ1n) is 5.12. The molecule has 1 N–H and O–H groups in total. The number of hydrogen-bond donors (Lipinski definition) is 1. The van der Waals surface area contributed by atoms with Crippen molar-refractivity contribution >= 4 is 16.6 Å². The minimum Gasteiger partial charge on any atom is -0.359 e. The van der Waals surface area contributed by atoms with Crippen molar-refractivity contribution in [1.29, 1.82) is 0 Å². The number of rotatable bonds is 1. The topological polar surface area (TPSA) is 20.1 Å². The van der Waals surface area contributed by atoms with Crippen molar-refractivity contribution in [3.63, 3.8) is 0 Å². The van der Waals surface area contributed by atoms with Crippen molar-refractivity contribution in [3.05, 3.63) is 40.9 Å². The highest BCUT2D eigenvalue weighted by Gasteiger charge is 2.07. The lowest BCUT2D eigenvalue weighted by atomic mass is 10.1. The monoisotopic (exact) mass is 198 g/mol. The first-order valence-corrected chi connectivity index (χ1v) is 5.12. The van der Waals surface area contributed by atoms with Crippen LogP contribution < -0.4 is 0 Å². The number of nitrogens with one attached hydrogen (secondary N) is 1. The summed E-state index contributed by atoms with van der Waals surface area (Å²) < 4.78 is 0. The molecule has 76 valence electrons. The zero-order valence-electron chi connectivity index (χ0n) is 9.26. The molecule has 1 heterocycles. The summed E-state index contributed by atoms with van der Waals surface area (Å²) in [5.41, 5.74) is 4.18. The average molecular weight is 198 g/mol. The van der Waals surface area contributed by atoms with Crippen LogP contribution in [-0.2, 0) is 0 Å². The molecule has 0 aliphatic carbocycles. The van der Waals surface area contributed by atoms with Crippen molar-refractivity contribution in [2.45, 2.75) is 26.7 Å². The maximum atomic E-state index is 7.02. The van der Waals surface area contributed by atoms with Crippen LogP contribution in [0, 0.1) is 13.5 Å². The smallest absolute Gasteiger partial charge is 0.189 e. The van der Waals surface area contributed by atoms with Gasteiger partial charge in [-0.2, -0.15) is 0 Å². The van der Waals surface area contributed by atoms with Crippen LogP contribution in [0.25, 0.3) is 15.7 Å². The van der Waals surface area contributed by atoms with Gasteiger partial charge in [-0.05, 0) is 25.0 Å². The highest BCUT2D eigenvalue weighted by molar-refractivity contribution is 5.87. The number of fused-ring (bicyclic) bond motifs is 1. The Labute approximate surface area is 89.7 Å². The standard InChI is InChI=1S/C13H14N2/c1-8(2)12-7-11-9(3)5-10(14-4)6-13(11)15-12/h5-8,15H,1-3H3. The highest BCUT2D eigenvalue weighted by Crippen LogP contribution is 2.28. The lowest BCUT2D eigenvalue weighted by Crippen LogP contribution is -1.84. The molecule has 1 aromatic heterocycles. The quantitative estimate of drug-likeness (QED) is 0.664. The van der Waals surface area contributed by atoms with Crippen LogP contribution in [0.15, 0.2) is 18.2 Å². The van der Waals surface area contributed by atoms with Crippen LogP contribution in [-0.4, -0.2) is 4.98 Å². The second kappa shape index (κ2) is 3.43. The molecule has 0 atom stereocenters. The van der Waals surface area contributed by atoms with Crippen LogP contribution in [0.4, 0.5) is 5.69 Å². The number of nitrogens with zero attached hydrogens (tertiary/aromatic N) is 1. The van der Waals surface area contributed by atoms with Crippen molar-refractivity contribution in [1.82, 2.24) is 4.98 Å². The first-order chi connectivity index (χ1) is 7.11. The van der Waals surface area contributed by atoms with E-state index in [-0.39, 0.29) is 0 Å². The van der Waals surface area contributed by atoms with E-state index in [0.717, 1.165) is 5.52 Å². The fourth-order valence-electron chi connectivity index (χ4n) is 1.80. The predicted octanol–water partition coefficient (Wildman–Crippen LogP) is 4.15. The third-order valence-electron chi connectivity index (χ3n) is 2.70. The molecule has 2 nitrogen and oxygen atoms in total. The zero-order chi connectivity index (χ0) is 11.0. The van der Waals surface area contributed by atoms with Crippen molar-refractivity contribution in [2.75, 3.05) is 0 Å². The van der Waals surface area contributed by atoms with Crippen molar-refractivity contribution in [2.24, 2.45) is 0 Å². The number of hydrogen-bond acceptors (Lipinski definition) is 0. The van der Waals surface area contributed by atoms with Gasteiger partial charge >= 0.3 is 0 Å². The van der Waals surface area contributed by atoms with Gasteiger partial charge in [-0.3, -0.25) is 0 Å². The summed E-state index contributed by atoms with van der Waals surface area (Å²) >= 11 is 0. The third-order valence-corrected chi connectivity index (χ3v) is 2.70. The summed E-state index contributed by atoms with van der Waals surface area (Å²) in [4.78, 5) is 6.83. The molecular formula is C13H14N2. The molecule has 0 saturated carbocycles. The second-order valence-corrected chi connectivity index (χ2v) is 4.22. The van der Waals surface area contributed by atoms with Gasteiger partial charge in [-0.1, -0.05) is 25.5 Å². The van der Waals surface area contributed by atoms with Gasteiger partial charge < -0.3 is 4.98 Å². The Morgan fingerprint density at radius 2 is 2.00 bits per heavy atom. The summed E-state index contributed by atoms with van der Waals surface area (Å²) in [5.74, 6) is 0.494. The molecule has 2 aromatic rings. The molecule has 0 unspecified atom stereocenters. The van der Waals surface area contributed by atoms with Gasteiger partial charge in [0.05, 0.1) is 6.57 Å². The number of H-pyrrole nitrogens is 1. The number of aryl methyl sites for hydroxylation is 1. The van der Waals surface area contributed by atoms with Crippen LogP contribution in [0.2, 0.25) is 0 Å². The molecule has 2 rings (SSSR count). The fourth-order valence-corrected chi connectivity index (χ4v) is 1.80. The molecule has 15 heavy (non-hydrogen) atoms. The molecule has 0 bridgehead atoms. The normalized spacial score (nSPS) is 10.9. The van der Waals surface area contributed by atoms with Gasteiger partial charge in [0, 0.05) is 16.6 Å². The molecule has 0 saturated heterocycles. The van der Waals surface area contributed by atoms with Gasteiger partial charge in [-0.25, -0.2) is 4.85 Å². The minimum absolute atomic E-state index is 0.494. The Kier molecular flexibility index (Phi) is 2.24. The Morgan fingerprint density at radius 3 is 2.60 bits per heavy atom. The third kappa shape index (κ3) is 1.61. The summed E-state index contributed by atoms with van der Waals surface area (Å²) in [6, 6.07) is 6.04. The second-order valence-electron chi connectivity index (χ2n) is 4.22. The van der Waals surface area contributed by atoms with Crippen LogP contribution >= 0.6 is 0 Å². The lowest BCUT2D eigenvalue weighted by Gasteiger charge is -1.97. The molecule has 0 fully saturated rings. The molecular weight excluding hydrogens is 184 g/mol. The van der Waals surface area contributed by atoms with Crippen LogP contribution in [0.3, 0.4) is 0 Å². The van der Waals surface area contributed by atoms with E-state index in [1.165, 1.54) is 16.6 Å². The van der Waals surface area contributed by atoms with E-state index in [0.29, 0.717) is 11.6 Å². The van der Waals surface area contributed by atoms with Crippen LogP contribution in [0.1, 0.15) is 31.0 Å². The average Bonchev–Trinajstić information content (AvgIpc) is 2.61. The predicted molar refractivity (Wildman–Crippen MR) is 63.4 cm³/mol. The number of benzene rings is 1. The molecule has 2 heteroatoms. The summed E-state index contributed by atoms with van der Waals surface area (Å²) in [7, 11) is 0. The van der Waals surface area contributed by atoms with Crippen LogP contribution in [0.5, 0.6) is 0 Å². The Morgan fingerprint density at radius 1 is 1.27 bits per heavy atom. The zero-order valence-corrected chi connectivity index (χ0v) is 9.26. The summed E-state index contributed by atoms with van der Waals surface area (Å²) in [6.07, 6.45) is 0. The fraction of sp³-hybridized carbons (Fsp3) is 0.308. The summed E-state index contributed by atoms with van der Waals surface area (Å²) in [5, 5.41) is 1.23. The molecule has 1 aromatic carbocycles. The van der Waals surface area contributed by atoms with E-state index < -0.39 is 0 Å². The van der Waals surface area contributed by atoms with E-state index >= 15 is 0 Å². The molecule has 0 aliphatic rings. The summed E-state index contributed by atoms with van der Waals surface area (Å²) in [6.45, 7) is 13.4. The number of aromatic nitrogens is 1. The van der Waals surface area contributed by atoms with Gasteiger partial charge in [0.15, 0.2) is 5.69 Å². The Bertz CT molecular complexity index is 541. The van der Waals surface area contributed by atoms with Gasteiger partial charge in [0.1, 0.15) is 0 Å². The van der Waals surface area contributed by atoms with E-state index in [9.17, 15) is 0 Å². The largest absolute Gasteiger partial charge is 0.359 e. The maximum absolute atomic E-state index is 7.02. The maximum Gasteiger partial charge on any atom is 0.189 e. The molecule has 0 amide bonds. The highest BCUT2D eigenvalue weighted by atomic mass is 14.7. The van der Waals surface area contributed by atoms with E-state index in [2.05, 4.69) is 36.7 Å². The van der Waals surface area contributed by atoms with Crippen molar-refractivity contribution in [3.8, 4) is 0 Å². The lowest BCUT2D eigenvalue weighted by molar-refractivity contribution is 0.836. The molecule has 0 spiro atoms. The van der Waals surface area contributed by atoms with E-state index in [4.69, 9.17) is 6.57 Å². The molecule has 0 radical (unpaired) electrons. The molecule has 0 aliphatic heterocycles. The van der Waals surface area contributed by atoms with Crippen molar-refractivity contribution < 1.29 is 0 Å². The SMILES string of the molecule is [C-]#[N+]c1cc(C)c2cc(C(C)C)[nH]c2c1. The Hall–Kier alpha value is -1.75. The van der Waals surface area contributed by atoms with E-state index in [1.807, 2.05) is 12.1 Å². The number of aromatic amines is 1. The van der Waals surface area contributed by atoms with Gasteiger partial charge in [0.25, 0.3) is 0 Å². The van der Waals surface area contributed by atoms with E-state index in [1.54, 1.807) is 0 Å².